The fourth-order valence-electron chi connectivity index (χ4n) is 0.681. The molecule has 0 heterocycles. The van der Waals surface area contributed by atoms with Gasteiger partial charge in [-0.15, -0.1) is 0 Å². The molecular weight excluding hydrogens is 126 g/mol. The molecule has 0 radical (unpaired) electrons. The number of nitrogens with zero attached hydrogens (tertiary/aromatic N) is 1. The van der Waals surface area contributed by atoms with Gasteiger partial charge in [-0.1, -0.05) is 13.8 Å². The van der Waals surface area contributed by atoms with E-state index in [0.717, 1.165) is 13.0 Å². The fourth-order valence-corrected chi connectivity index (χ4v) is 0.681. The van der Waals surface area contributed by atoms with Crippen molar-refractivity contribution in [1.82, 2.24) is 0 Å². The zero-order chi connectivity index (χ0) is 8.04. The van der Waals surface area contributed by atoms with Crippen molar-refractivity contribution in [3.05, 3.63) is 0 Å². The standard InChI is InChI=1S/C8H15NO/c1-8(2,4-6-9)5-7-10-3/h4-5,7H2,1-3H3. The van der Waals surface area contributed by atoms with E-state index in [-0.39, 0.29) is 5.41 Å². The smallest absolute Gasteiger partial charge is 0.0627 e. The SMILES string of the molecule is COCCC(C)(C)CC#N. The Balaban J connectivity index is 3.55. The van der Waals surface area contributed by atoms with Gasteiger partial charge in [-0.3, -0.25) is 0 Å². The van der Waals surface area contributed by atoms with Crippen LogP contribution in [0.4, 0.5) is 0 Å². The lowest BCUT2D eigenvalue weighted by molar-refractivity contribution is 0.154. The van der Waals surface area contributed by atoms with E-state index in [2.05, 4.69) is 19.9 Å². The maximum absolute atomic E-state index is 8.41. The normalized spacial score (nSPS) is 11.0. The lowest BCUT2D eigenvalue weighted by atomic mass is 9.87. The zero-order valence-corrected chi connectivity index (χ0v) is 6.98. The van der Waals surface area contributed by atoms with Crippen molar-refractivity contribution in [2.45, 2.75) is 26.7 Å². The van der Waals surface area contributed by atoms with Gasteiger partial charge >= 0.3 is 0 Å². The fraction of sp³-hybridized carbons (Fsp3) is 0.875. The maximum atomic E-state index is 8.41. The molecule has 0 saturated carbocycles. The van der Waals surface area contributed by atoms with E-state index in [0.29, 0.717) is 6.42 Å². The first kappa shape index (κ1) is 9.45. The van der Waals surface area contributed by atoms with Crippen molar-refractivity contribution in [2.24, 2.45) is 5.41 Å². The predicted octanol–water partition coefficient (Wildman–Crippen LogP) is 1.96. The number of ether oxygens (including phenoxy) is 1. The monoisotopic (exact) mass is 141 g/mol. The number of hydrogen-bond acceptors (Lipinski definition) is 2. The molecule has 0 bridgehead atoms. The largest absolute Gasteiger partial charge is 0.385 e. The summed E-state index contributed by atoms with van der Waals surface area (Å²) in [5, 5.41) is 8.41. The van der Waals surface area contributed by atoms with E-state index in [1.165, 1.54) is 0 Å². The summed E-state index contributed by atoms with van der Waals surface area (Å²) in [6.45, 7) is 4.90. The topological polar surface area (TPSA) is 33.0 Å². The van der Waals surface area contributed by atoms with Crippen LogP contribution in [0.15, 0.2) is 0 Å². The van der Waals surface area contributed by atoms with Crippen LogP contribution in [0.25, 0.3) is 0 Å². The number of hydrogen-bond donors (Lipinski definition) is 0. The molecule has 2 heteroatoms. The minimum Gasteiger partial charge on any atom is -0.385 e. The van der Waals surface area contributed by atoms with Gasteiger partial charge < -0.3 is 4.74 Å². The number of methoxy groups -OCH3 is 1. The third kappa shape index (κ3) is 4.34. The Bertz CT molecular complexity index is 124. The highest BCUT2D eigenvalue weighted by Gasteiger charge is 2.16. The van der Waals surface area contributed by atoms with Crippen LogP contribution < -0.4 is 0 Å². The molecule has 0 aliphatic rings. The van der Waals surface area contributed by atoms with Crippen molar-refractivity contribution >= 4 is 0 Å². The summed E-state index contributed by atoms with van der Waals surface area (Å²) in [6, 6.07) is 2.16. The van der Waals surface area contributed by atoms with Crippen LogP contribution in [0.1, 0.15) is 26.7 Å². The van der Waals surface area contributed by atoms with Crippen LogP contribution in [0.5, 0.6) is 0 Å². The van der Waals surface area contributed by atoms with E-state index in [1.54, 1.807) is 7.11 Å². The van der Waals surface area contributed by atoms with E-state index in [4.69, 9.17) is 10.00 Å². The van der Waals surface area contributed by atoms with Gasteiger partial charge in [0, 0.05) is 20.1 Å². The van der Waals surface area contributed by atoms with E-state index in [9.17, 15) is 0 Å². The average molecular weight is 141 g/mol. The number of rotatable bonds is 4. The summed E-state index contributed by atoms with van der Waals surface area (Å²) in [4.78, 5) is 0. The van der Waals surface area contributed by atoms with Crippen molar-refractivity contribution in [2.75, 3.05) is 13.7 Å². The van der Waals surface area contributed by atoms with E-state index >= 15 is 0 Å². The summed E-state index contributed by atoms with van der Waals surface area (Å²) < 4.78 is 4.91. The second-order valence-electron chi connectivity index (χ2n) is 3.24. The molecular formula is C8H15NO. The third-order valence-electron chi connectivity index (χ3n) is 1.54. The molecule has 0 aliphatic carbocycles. The van der Waals surface area contributed by atoms with Gasteiger partial charge in [-0.2, -0.15) is 5.26 Å². The highest BCUT2D eigenvalue weighted by Crippen LogP contribution is 2.23. The lowest BCUT2D eigenvalue weighted by Gasteiger charge is -2.19. The van der Waals surface area contributed by atoms with Crippen molar-refractivity contribution < 1.29 is 4.74 Å². The van der Waals surface area contributed by atoms with Crippen LogP contribution in [0.3, 0.4) is 0 Å². The second kappa shape index (κ2) is 4.29. The average Bonchev–Trinajstić information content (AvgIpc) is 1.84. The molecule has 0 amide bonds. The Morgan fingerprint density at radius 1 is 1.50 bits per heavy atom. The Labute approximate surface area is 62.8 Å². The highest BCUT2D eigenvalue weighted by molar-refractivity contribution is 4.81. The Kier molecular flexibility index (Phi) is 4.06. The molecule has 0 unspecified atom stereocenters. The zero-order valence-electron chi connectivity index (χ0n) is 6.98. The van der Waals surface area contributed by atoms with E-state index in [1.807, 2.05) is 0 Å². The molecule has 0 aromatic carbocycles. The Morgan fingerprint density at radius 3 is 2.50 bits per heavy atom. The van der Waals surface area contributed by atoms with Crippen LogP contribution in [0, 0.1) is 16.7 Å². The lowest BCUT2D eigenvalue weighted by Crippen LogP contribution is -2.12. The van der Waals surface area contributed by atoms with Gasteiger partial charge in [0.05, 0.1) is 6.07 Å². The van der Waals surface area contributed by atoms with Crippen molar-refractivity contribution in [1.29, 1.82) is 5.26 Å². The summed E-state index contributed by atoms with van der Waals surface area (Å²) in [7, 11) is 1.68. The first-order chi connectivity index (χ1) is 4.62. The molecule has 0 rings (SSSR count). The molecule has 0 aromatic rings. The molecule has 2 nitrogen and oxygen atoms in total. The Morgan fingerprint density at radius 2 is 2.10 bits per heavy atom. The second-order valence-corrected chi connectivity index (χ2v) is 3.24. The minimum atomic E-state index is 0.116. The minimum absolute atomic E-state index is 0.116. The van der Waals surface area contributed by atoms with Gasteiger partial charge in [0.15, 0.2) is 0 Å². The number of nitriles is 1. The van der Waals surface area contributed by atoms with Gasteiger partial charge in [0.2, 0.25) is 0 Å². The van der Waals surface area contributed by atoms with Crippen LogP contribution in [-0.4, -0.2) is 13.7 Å². The van der Waals surface area contributed by atoms with E-state index < -0.39 is 0 Å². The first-order valence-electron chi connectivity index (χ1n) is 3.48. The predicted molar refractivity (Wildman–Crippen MR) is 40.5 cm³/mol. The summed E-state index contributed by atoms with van der Waals surface area (Å²) >= 11 is 0. The molecule has 0 aliphatic heterocycles. The quantitative estimate of drug-likeness (QED) is 0.599. The van der Waals surface area contributed by atoms with Crippen LogP contribution >= 0.6 is 0 Å². The molecule has 0 N–H and O–H groups in total. The molecule has 0 fully saturated rings. The van der Waals surface area contributed by atoms with Gasteiger partial charge in [0.25, 0.3) is 0 Å². The summed E-state index contributed by atoms with van der Waals surface area (Å²) in [6.07, 6.45) is 1.56. The van der Waals surface area contributed by atoms with Gasteiger partial charge in [-0.25, -0.2) is 0 Å². The van der Waals surface area contributed by atoms with Gasteiger partial charge in [-0.05, 0) is 11.8 Å². The molecule has 0 spiro atoms. The molecule has 58 valence electrons. The first-order valence-corrected chi connectivity index (χ1v) is 3.48. The van der Waals surface area contributed by atoms with Crippen molar-refractivity contribution in [3.63, 3.8) is 0 Å². The molecule has 0 aromatic heterocycles. The molecule has 0 saturated heterocycles. The highest BCUT2D eigenvalue weighted by atomic mass is 16.5. The Hall–Kier alpha value is -0.550. The summed E-state index contributed by atoms with van der Waals surface area (Å²) in [5.41, 5.74) is 0.116. The third-order valence-corrected chi connectivity index (χ3v) is 1.54. The molecule has 0 atom stereocenters. The maximum Gasteiger partial charge on any atom is 0.0627 e. The van der Waals surface area contributed by atoms with Crippen LogP contribution in [0.2, 0.25) is 0 Å². The molecule has 10 heavy (non-hydrogen) atoms. The van der Waals surface area contributed by atoms with Gasteiger partial charge in [0.1, 0.15) is 0 Å². The van der Waals surface area contributed by atoms with Crippen LogP contribution in [-0.2, 0) is 4.74 Å². The van der Waals surface area contributed by atoms with Crippen molar-refractivity contribution in [3.8, 4) is 6.07 Å². The summed E-state index contributed by atoms with van der Waals surface area (Å²) in [5.74, 6) is 0.